The third kappa shape index (κ3) is 2.75. The average molecular weight is 232 g/mol. The summed E-state index contributed by atoms with van der Waals surface area (Å²) in [4.78, 5) is 10.5. The number of nitrogens with one attached hydrogen (secondary N) is 1. The van der Waals surface area contributed by atoms with E-state index < -0.39 is 0 Å². The molecular formula is C12H16N4O. The number of nitrogens with zero attached hydrogens (tertiary/aromatic N) is 3. The highest BCUT2D eigenvalue weighted by Crippen LogP contribution is 2.16. The number of aromatic nitrogens is 2. The molecule has 0 unspecified atom stereocenters. The Bertz CT molecular complexity index is 455. The third-order valence-corrected chi connectivity index (χ3v) is 2.54. The quantitative estimate of drug-likeness (QED) is 0.856. The maximum absolute atomic E-state index is 5.34. The van der Waals surface area contributed by atoms with Gasteiger partial charge >= 0.3 is 0 Å². The molecule has 90 valence electrons. The highest BCUT2D eigenvalue weighted by molar-refractivity contribution is 5.48. The molecule has 2 heterocycles. The van der Waals surface area contributed by atoms with Crippen LogP contribution in [-0.2, 0) is 6.54 Å². The van der Waals surface area contributed by atoms with Crippen molar-refractivity contribution in [3.8, 4) is 0 Å². The van der Waals surface area contributed by atoms with Crippen molar-refractivity contribution in [3.05, 3.63) is 36.5 Å². The zero-order valence-corrected chi connectivity index (χ0v) is 10.1. The summed E-state index contributed by atoms with van der Waals surface area (Å²) >= 11 is 0. The van der Waals surface area contributed by atoms with Crippen molar-refractivity contribution in [3.63, 3.8) is 0 Å². The number of furan rings is 1. The summed E-state index contributed by atoms with van der Waals surface area (Å²) in [7, 11) is 1.84. The van der Waals surface area contributed by atoms with Gasteiger partial charge in [-0.25, -0.2) is 9.97 Å². The van der Waals surface area contributed by atoms with Crippen molar-refractivity contribution in [1.29, 1.82) is 0 Å². The number of anilines is 2. The Balaban J connectivity index is 2.16. The molecule has 2 aromatic heterocycles. The molecule has 1 N–H and O–H groups in total. The van der Waals surface area contributed by atoms with Crippen LogP contribution in [0.2, 0.25) is 0 Å². The van der Waals surface area contributed by atoms with Gasteiger partial charge < -0.3 is 14.6 Å². The molecule has 0 aromatic carbocycles. The fourth-order valence-corrected chi connectivity index (χ4v) is 1.60. The Kier molecular flexibility index (Phi) is 3.59. The van der Waals surface area contributed by atoms with E-state index in [1.165, 1.54) is 0 Å². The van der Waals surface area contributed by atoms with E-state index in [1.54, 1.807) is 12.6 Å². The van der Waals surface area contributed by atoms with Gasteiger partial charge in [-0.15, -0.1) is 0 Å². The van der Waals surface area contributed by atoms with Crippen LogP contribution in [0.3, 0.4) is 0 Å². The third-order valence-electron chi connectivity index (χ3n) is 2.54. The molecule has 0 aliphatic heterocycles. The highest BCUT2D eigenvalue weighted by atomic mass is 16.3. The Hall–Kier alpha value is -2.04. The van der Waals surface area contributed by atoms with Crippen LogP contribution in [0.1, 0.15) is 12.7 Å². The van der Waals surface area contributed by atoms with Gasteiger partial charge in [0.2, 0.25) is 0 Å². The smallest absolute Gasteiger partial charge is 0.134 e. The Labute approximate surface area is 100 Å². The molecule has 5 heteroatoms. The van der Waals surface area contributed by atoms with Crippen molar-refractivity contribution < 1.29 is 4.42 Å². The van der Waals surface area contributed by atoms with Crippen molar-refractivity contribution in [1.82, 2.24) is 9.97 Å². The molecule has 0 bridgehead atoms. The van der Waals surface area contributed by atoms with Gasteiger partial charge in [0.25, 0.3) is 0 Å². The predicted octanol–water partition coefficient (Wildman–Crippen LogP) is 2.14. The van der Waals surface area contributed by atoms with Crippen LogP contribution in [0, 0.1) is 0 Å². The largest absolute Gasteiger partial charge is 0.467 e. The van der Waals surface area contributed by atoms with E-state index in [4.69, 9.17) is 4.42 Å². The Morgan fingerprint density at radius 2 is 2.29 bits per heavy atom. The fourth-order valence-electron chi connectivity index (χ4n) is 1.60. The summed E-state index contributed by atoms with van der Waals surface area (Å²) in [5.74, 6) is 2.63. The lowest BCUT2D eigenvalue weighted by molar-refractivity contribution is 0.503. The van der Waals surface area contributed by atoms with Gasteiger partial charge in [0, 0.05) is 19.7 Å². The van der Waals surface area contributed by atoms with Crippen LogP contribution >= 0.6 is 0 Å². The second kappa shape index (κ2) is 5.34. The van der Waals surface area contributed by atoms with Gasteiger partial charge in [0.05, 0.1) is 12.8 Å². The maximum Gasteiger partial charge on any atom is 0.134 e. The van der Waals surface area contributed by atoms with E-state index in [0.717, 1.165) is 23.9 Å². The summed E-state index contributed by atoms with van der Waals surface area (Å²) in [5.41, 5.74) is 0. The number of hydrogen-bond acceptors (Lipinski definition) is 5. The molecule has 0 amide bonds. The van der Waals surface area contributed by atoms with E-state index in [9.17, 15) is 0 Å². The van der Waals surface area contributed by atoms with Crippen LogP contribution in [0.15, 0.2) is 35.2 Å². The minimum atomic E-state index is 0.712. The average Bonchev–Trinajstić information content (AvgIpc) is 2.89. The first-order valence-electron chi connectivity index (χ1n) is 5.60. The summed E-state index contributed by atoms with van der Waals surface area (Å²) in [6.45, 7) is 3.66. The summed E-state index contributed by atoms with van der Waals surface area (Å²) < 4.78 is 5.34. The SMILES string of the molecule is CCN(Cc1ccco1)c1cc(NC)ncn1. The van der Waals surface area contributed by atoms with Gasteiger partial charge in [0.15, 0.2) is 0 Å². The lowest BCUT2D eigenvalue weighted by Gasteiger charge is -2.20. The topological polar surface area (TPSA) is 54.2 Å². The molecule has 2 rings (SSSR count). The first kappa shape index (κ1) is 11.4. The van der Waals surface area contributed by atoms with Crippen molar-refractivity contribution >= 4 is 11.6 Å². The van der Waals surface area contributed by atoms with E-state index in [0.29, 0.717) is 6.54 Å². The monoisotopic (exact) mass is 232 g/mol. The molecule has 0 radical (unpaired) electrons. The van der Waals surface area contributed by atoms with Gasteiger partial charge in [-0.05, 0) is 19.1 Å². The van der Waals surface area contributed by atoms with Gasteiger partial charge in [-0.1, -0.05) is 0 Å². The lowest BCUT2D eigenvalue weighted by atomic mass is 10.3. The molecule has 0 saturated heterocycles. The summed E-state index contributed by atoms with van der Waals surface area (Å²) in [6.07, 6.45) is 3.24. The van der Waals surface area contributed by atoms with E-state index in [1.807, 2.05) is 25.2 Å². The highest BCUT2D eigenvalue weighted by Gasteiger charge is 2.09. The summed E-state index contributed by atoms with van der Waals surface area (Å²) in [5, 5.41) is 3.00. The molecule has 0 spiro atoms. The first-order valence-corrected chi connectivity index (χ1v) is 5.60. The molecule has 0 aliphatic carbocycles. The van der Waals surface area contributed by atoms with Crippen molar-refractivity contribution in [2.45, 2.75) is 13.5 Å². The van der Waals surface area contributed by atoms with E-state index >= 15 is 0 Å². The zero-order valence-electron chi connectivity index (χ0n) is 10.1. The van der Waals surface area contributed by atoms with Crippen molar-refractivity contribution in [2.24, 2.45) is 0 Å². The number of rotatable bonds is 5. The van der Waals surface area contributed by atoms with Crippen LogP contribution in [0.4, 0.5) is 11.6 Å². The molecule has 0 fully saturated rings. The molecule has 0 saturated carbocycles. The Morgan fingerprint density at radius 3 is 2.94 bits per heavy atom. The zero-order chi connectivity index (χ0) is 12.1. The first-order chi connectivity index (χ1) is 8.33. The molecule has 2 aromatic rings. The van der Waals surface area contributed by atoms with Gasteiger partial charge in [-0.2, -0.15) is 0 Å². The van der Waals surface area contributed by atoms with Crippen LogP contribution in [0.5, 0.6) is 0 Å². The molecule has 17 heavy (non-hydrogen) atoms. The molecular weight excluding hydrogens is 216 g/mol. The lowest BCUT2D eigenvalue weighted by Crippen LogP contribution is -2.23. The number of hydrogen-bond donors (Lipinski definition) is 1. The standard InChI is InChI=1S/C12H16N4O/c1-3-16(8-10-5-4-6-17-10)12-7-11(13-2)14-9-15-12/h4-7,9H,3,8H2,1-2H3,(H,13,14,15). The molecule has 5 nitrogen and oxygen atoms in total. The minimum absolute atomic E-state index is 0.712. The predicted molar refractivity (Wildman–Crippen MR) is 67.0 cm³/mol. The molecule has 0 atom stereocenters. The van der Waals surface area contributed by atoms with E-state index in [2.05, 4.69) is 27.1 Å². The summed E-state index contributed by atoms with van der Waals surface area (Å²) in [6, 6.07) is 5.78. The van der Waals surface area contributed by atoms with Crippen LogP contribution < -0.4 is 10.2 Å². The van der Waals surface area contributed by atoms with Gasteiger partial charge in [0.1, 0.15) is 23.7 Å². The Morgan fingerprint density at radius 1 is 1.41 bits per heavy atom. The second-order valence-corrected chi connectivity index (χ2v) is 3.60. The normalized spacial score (nSPS) is 10.2. The maximum atomic E-state index is 5.34. The fraction of sp³-hybridized carbons (Fsp3) is 0.333. The van der Waals surface area contributed by atoms with Crippen LogP contribution in [0.25, 0.3) is 0 Å². The van der Waals surface area contributed by atoms with E-state index in [-0.39, 0.29) is 0 Å². The molecule has 0 aliphatic rings. The minimum Gasteiger partial charge on any atom is -0.467 e. The van der Waals surface area contributed by atoms with Gasteiger partial charge in [-0.3, -0.25) is 0 Å². The second-order valence-electron chi connectivity index (χ2n) is 3.60. The van der Waals surface area contributed by atoms with Crippen LogP contribution in [-0.4, -0.2) is 23.6 Å². The van der Waals surface area contributed by atoms with Crippen molar-refractivity contribution in [2.75, 3.05) is 23.8 Å².